The second-order valence-electron chi connectivity index (χ2n) is 5.17. The summed E-state index contributed by atoms with van der Waals surface area (Å²) in [7, 11) is -0.371. The Morgan fingerprint density at radius 1 is 1.25 bits per heavy atom. The summed E-state index contributed by atoms with van der Waals surface area (Å²) in [5.74, 6) is 1.34. The predicted molar refractivity (Wildman–Crippen MR) is 96.6 cm³/mol. The highest BCUT2D eigenvalue weighted by Gasteiger charge is 2.17. The summed E-state index contributed by atoms with van der Waals surface area (Å²) in [6.07, 6.45) is 0. The zero-order chi connectivity index (χ0) is 17.2. The Morgan fingerprint density at radius 2 is 2.08 bits per heavy atom. The van der Waals surface area contributed by atoms with Crippen LogP contribution < -0.4 is 0 Å². The van der Waals surface area contributed by atoms with Crippen LogP contribution in [0.25, 0.3) is 10.7 Å². The van der Waals surface area contributed by atoms with Crippen LogP contribution in [0.4, 0.5) is 0 Å². The largest absolute Gasteiger partial charge is 0.257 e. The Bertz CT molecular complexity index is 918. The van der Waals surface area contributed by atoms with Crippen LogP contribution >= 0.6 is 23.1 Å². The summed E-state index contributed by atoms with van der Waals surface area (Å²) in [5.41, 5.74) is 0.908. The molecule has 0 fully saturated rings. The lowest BCUT2D eigenvalue weighted by molar-refractivity contribution is 0.520. The van der Waals surface area contributed by atoms with E-state index in [0.29, 0.717) is 15.8 Å². The number of sulfonamides is 1. The molecule has 0 bridgehead atoms. The number of nitrogens with zero attached hydrogens (tertiary/aromatic N) is 3. The maximum Gasteiger partial charge on any atom is 0.242 e. The molecule has 9 heteroatoms. The number of hydrogen-bond donors (Lipinski definition) is 1. The minimum absolute atomic E-state index is 0.292. The van der Waals surface area contributed by atoms with Gasteiger partial charge in [0.1, 0.15) is 0 Å². The number of aromatic nitrogens is 3. The molecule has 1 aromatic carbocycles. The fourth-order valence-electron chi connectivity index (χ4n) is 1.99. The normalized spacial score (nSPS) is 12.0. The molecule has 0 unspecified atom stereocenters. The van der Waals surface area contributed by atoms with Crippen molar-refractivity contribution in [2.75, 3.05) is 14.1 Å². The van der Waals surface area contributed by atoms with Crippen LogP contribution in [0.2, 0.25) is 0 Å². The van der Waals surface area contributed by atoms with Crippen molar-refractivity contribution in [2.45, 2.75) is 15.8 Å². The Morgan fingerprint density at radius 3 is 2.79 bits per heavy atom. The van der Waals surface area contributed by atoms with Crippen molar-refractivity contribution in [1.82, 2.24) is 19.5 Å². The molecule has 126 valence electrons. The molecular weight excluding hydrogens is 364 g/mol. The van der Waals surface area contributed by atoms with Crippen LogP contribution in [-0.2, 0) is 15.8 Å². The van der Waals surface area contributed by atoms with E-state index in [-0.39, 0.29) is 0 Å². The Labute approximate surface area is 149 Å². The zero-order valence-electron chi connectivity index (χ0n) is 13.1. The topological polar surface area (TPSA) is 79.0 Å². The van der Waals surface area contributed by atoms with Gasteiger partial charge >= 0.3 is 0 Å². The minimum Gasteiger partial charge on any atom is -0.257 e. The second kappa shape index (κ2) is 7.06. The van der Waals surface area contributed by atoms with Gasteiger partial charge < -0.3 is 0 Å². The number of benzene rings is 1. The summed E-state index contributed by atoms with van der Waals surface area (Å²) >= 11 is 3.06. The highest BCUT2D eigenvalue weighted by atomic mass is 32.2. The molecule has 0 saturated carbocycles. The maximum absolute atomic E-state index is 12.2. The van der Waals surface area contributed by atoms with Crippen molar-refractivity contribution >= 4 is 33.1 Å². The first-order valence-corrected chi connectivity index (χ1v) is 10.4. The van der Waals surface area contributed by atoms with Gasteiger partial charge in [0, 0.05) is 19.8 Å². The number of rotatable bonds is 6. The molecule has 0 saturated heterocycles. The summed E-state index contributed by atoms with van der Waals surface area (Å²) < 4.78 is 25.6. The molecule has 6 nitrogen and oxygen atoms in total. The van der Waals surface area contributed by atoms with Crippen LogP contribution in [0.15, 0.2) is 51.8 Å². The monoisotopic (exact) mass is 380 g/mol. The van der Waals surface area contributed by atoms with Crippen LogP contribution in [-0.4, -0.2) is 42.0 Å². The molecule has 3 aromatic rings. The third-order valence-electron chi connectivity index (χ3n) is 3.26. The van der Waals surface area contributed by atoms with Gasteiger partial charge in [0.15, 0.2) is 5.82 Å². The molecular formula is C15H16N4O2S3. The van der Waals surface area contributed by atoms with Gasteiger partial charge in [-0.05, 0) is 29.1 Å². The van der Waals surface area contributed by atoms with Gasteiger partial charge in [-0.3, -0.25) is 5.10 Å². The van der Waals surface area contributed by atoms with Crippen molar-refractivity contribution in [2.24, 2.45) is 0 Å². The maximum atomic E-state index is 12.2. The molecule has 2 heterocycles. The first kappa shape index (κ1) is 17.2. The fourth-order valence-corrected chi connectivity index (χ4v) is 4.37. The van der Waals surface area contributed by atoms with Gasteiger partial charge in [0.05, 0.1) is 9.77 Å². The van der Waals surface area contributed by atoms with Crippen LogP contribution in [0.3, 0.4) is 0 Å². The molecule has 0 radical (unpaired) electrons. The van der Waals surface area contributed by atoms with E-state index < -0.39 is 10.0 Å². The van der Waals surface area contributed by atoms with Crippen LogP contribution in [0.5, 0.6) is 0 Å². The van der Waals surface area contributed by atoms with Gasteiger partial charge in [0.2, 0.25) is 15.2 Å². The molecule has 2 aromatic heterocycles. The van der Waals surface area contributed by atoms with Gasteiger partial charge in [-0.1, -0.05) is 30.0 Å². The van der Waals surface area contributed by atoms with E-state index in [9.17, 15) is 8.42 Å². The van der Waals surface area contributed by atoms with Crippen LogP contribution in [0.1, 0.15) is 5.56 Å². The number of thioether (sulfide) groups is 1. The smallest absolute Gasteiger partial charge is 0.242 e. The second-order valence-corrected chi connectivity index (χ2v) is 9.21. The van der Waals surface area contributed by atoms with E-state index >= 15 is 0 Å². The van der Waals surface area contributed by atoms with Gasteiger partial charge in [0.25, 0.3) is 0 Å². The van der Waals surface area contributed by atoms with Crippen molar-refractivity contribution < 1.29 is 8.42 Å². The fraction of sp³-hybridized carbons (Fsp3) is 0.200. The van der Waals surface area contributed by atoms with E-state index in [1.807, 2.05) is 23.6 Å². The molecule has 0 atom stereocenters. The predicted octanol–water partition coefficient (Wildman–Crippen LogP) is 3.08. The summed E-state index contributed by atoms with van der Waals surface area (Å²) in [6.45, 7) is 0. The Balaban J connectivity index is 1.71. The Hall–Kier alpha value is -1.68. The van der Waals surface area contributed by atoms with E-state index in [1.165, 1.54) is 30.2 Å². The van der Waals surface area contributed by atoms with E-state index in [0.717, 1.165) is 16.3 Å². The average molecular weight is 381 g/mol. The molecule has 24 heavy (non-hydrogen) atoms. The highest BCUT2D eigenvalue weighted by Crippen LogP contribution is 2.25. The van der Waals surface area contributed by atoms with Crippen molar-refractivity contribution in [3.8, 4) is 10.7 Å². The van der Waals surface area contributed by atoms with E-state index in [2.05, 4.69) is 15.2 Å². The standard InChI is InChI=1S/C15H16N4O2S3/c1-19(2)24(20,21)12-6-3-5-11(9-12)10-23-15-16-14(17-18-15)13-7-4-8-22-13/h3-9H,10H2,1-2H3,(H,16,17,18). The molecule has 0 aliphatic heterocycles. The molecule has 0 amide bonds. The summed E-state index contributed by atoms with van der Waals surface area (Å²) in [5, 5.41) is 9.74. The number of nitrogens with one attached hydrogen (secondary N) is 1. The number of H-pyrrole nitrogens is 1. The third kappa shape index (κ3) is 3.69. The highest BCUT2D eigenvalue weighted by molar-refractivity contribution is 7.98. The third-order valence-corrected chi connectivity index (χ3v) is 6.87. The molecule has 3 rings (SSSR count). The average Bonchev–Trinajstić information content (AvgIpc) is 3.24. The Kier molecular flexibility index (Phi) is 5.04. The lowest BCUT2D eigenvalue weighted by atomic mass is 10.2. The van der Waals surface area contributed by atoms with E-state index in [4.69, 9.17) is 0 Å². The van der Waals surface area contributed by atoms with Crippen molar-refractivity contribution in [1.29, 1.82) is 0 Å². The minimum atomic E-state index is -3.42. The lowest BCUT2D eigenvalue weighted by Gasteiger charge is -2.12. The molecule has 0 aliphatic carbocycles. The first-order valence-electron chi connectivity index (χ1n) is 7.07. The van der Waals surface area contributed by atoms with Gasteiger partial charge in [-0.15, -0.1) is 16.4 Å². The zero-order valence-corrected chi connectivity index (χ0v) is 15.6. The SMILES string of the molecule is CN(C)S(=O)(=O)c1cccc(CSc2n[nH]c(-c3cccs3)n2)c1. The number of aromatic amines is 1. The number of thiophene rings is 1. The van der Waals surface area contributed by atoms with E-state index in [1.54, 1.807) is 29.5 Å². The first-order chi connectivity index (χ1) is 11.5. The van der Waals surface area contributed by atoms with Crippen molar-refractivity contribution in [3.05, 3.63) is 47.3 Å². The molecule has 0 spiro atoms. The lowest BCUT2D eigenvalue weighted by Crippen LogP contribution is -2.22. The van der Waals surface area contributed by atoms with Gasteiger partial charge in [-0.25, -0.2) is 17.7 Å². The quantitative estimate of drug-likeness (QED) is 0.665. The summed E-state index contributed by atoms with van der Waals surface area (Å²) in [6, 6.07) is 10.9. The van der Waals surface area contributed by atoms with Crippen LogP contribution in [0, 0.1) is 0 Å². The summed E-state index contributed by atoms with van der Waals surface area (Å²) in [4.78, 5) is 5.77. The van der Waals surface area contributed by atoms with Gasteiger partial charge in [-0.2, -0.15) is 0 Å². The number of hydrogen-bond acceptors (Lipinski definition) is 6. The van der Waals surface area contributed by atoms with Crippen molar-refractivity contribution in [3.63, 3.8) is 0 Å². The molecule has 0 aliphatic rings. The molecule has 1 N–H and O–H groups in total.